The highest BCUT2D eigenvalue weighted by atomic mass is 79.9. The first-order valence-corrected chi connectivity index (χ1v) is 8.13. The number of Topliss-reactive ketones (excluding diaryl/α,β-unsaturated/α-hetero) is 1. The highest BCUT2D eigenvalue weighted by Gasteiger charge is 2.11. The summed E-state index contributed by atoms with van der Waals surface area (Å²) in [4.78, 5) is 15.8. The summed E-state index contributed by atoms with van der Waals surface area (Å²) in [6.07, 6.45) is 2.33. The van der Waals surface area contributed by atoms with E-state index in [9.17, 15) is 9.18 Å². The van der Waals surface area contributed by atoms with Crippen LogP contribution in [0.2, 0.25) is 0 Å². The number of ketones is 1. The van der Waals surface area contributed by atoms with E-state index in [2.05, 4.69) is 20.9 Å². The SMILES string of the molecule is CCc1cc(OCc2ncc(C)cc2F)ccc1C(=O)CBr. The molecule has 0 saturated heterocycles. The maximum Gasteiger partial charge on any atom is 0.173 e. The third-order valence-electron chi connectivity index (χ3n) is 3.31. The molecule has 0 atom stereocenters. The molecule has 0 aliphatic rings. The Bertz CT molecular complexity index is 688. The van der Waals surface area contributed by atoms with E-state index < -0.39 is 0 Å². The van der Waals surface area contributed by atoms with Crippen molar-refractivity contribution in [3.63, 3.8) is 0 Å². The van der Waals surface area contributed by atoms with Crippen molar-refractivity contribution in [2.75, 3.05) is 5.33 Å². The lowest BCUT2D eigenvalue weighted by Crippen LogP contribution is -2.06. The van der Waals surface area contributed by atoms with E-state index >= 15 is 0 Å². The molecule has 1 aromatic carbocycles. The molecule has 2 aromatic rings. The second kappa shape index (κ2) is 7.49. The molecular formula is C17H17BrFNO2. The predicted molar refractivity (Wildman–Crippen MR) is 87.2 cm³/mol. The van der Waals surface area contributed by atoms with Crippen molar-refractivity contribution < 1.29 is 13.9 Å². The zero-order valence-corrected chi connectivity index (χ0v) is 14.1. The fourth-order valence-corrected chi connectivity index (χ4v) is 2.42. The Morgan fingerprint density at radius 3 is 2.77 bits per heavy atom. The Morgan fingerprint density at radius 2 is 2.14 bits per heavy atom. The first kappa shape index (κ1) is 16.6. The number of nitrogens with zero attached hydrogens (tertiary/aromatic N) is 1. The fraction of sp³-hybridized carbons (Fsp3) is 0.294. The number of aryl methyl sites for hydroxylation is 2. The van der Waals surface area contributed by atoms with Crippen LogP contribution in [0.5, 0.6) is 5.75 Å². The Balaban J connectivity index is 2.15. The van der Waals surface area contributed by atoms with Gasteiger partial charge in [-0.25, -0.2) is 4.39 Å². The molecule has 3 nitrogen and oxygen atoms in total. The minimum Gasteiger partial charge on any atom is -0.487 e. The lowest BCUT2D eigenvalue weighted by Gasteiger charge is -2.11. The second-order valence-electron chi connectivity index (χ2n) is 4.96. The van der Waals surface area contributed by atoms with Gasteiger partial charge in [-0.05, 0) is 48.7 Å². The van der Waals surface area contributed by atoms with Crippen LogP contribution in [0.25, 0.3) is 0 Å². The molecule has 22 heavy (non-hydrogen) atoms. The Hall–Kier alpha value is -1.75. The molecular weight excluding hydrogens is 349 g/mol. The van der Waals surface area contributed by atoms with Gasteiger partial charge in [-0.1, -0.05) is 22.9 Å². The Labute approximate surface area is 137 Å². The van der Waals surface area contributed by atoms with Gasteiger partial charge in [0.25, 0.3) is 0 Å². The van der Waals surface area contributed by atoms with Crippen LogP contribution >= 0.6 is 15.9 Å². The van der Waals surface area contributed by atoms with Gasteiger partial charge in [0.15, 0.2) is 5.78 Å². The van der Waals surface area contributed by atoms with E-state index in [0.29, 0.717) is 16.6 Å². The molecule has 0 N–H and O–H groups in total. The van der Waals surface area contributed by atoms with Crippen molar-refractivity contribution in [2.24, 2.45) is 0 Å². The van der Waals surface area contributed by atoms with Gasteiger partial charge in [0.2, 0.25) is 0 Å². The molecule has 0 bridgehead atoms. The lowest BCUT2D eigenvalue weighted by molar-refractivity contribution is 0.102. The first-order valence-electron chi connectivity index (χ1n) is 7.01. The summed E-state index contributed by atoms with van der Waals surface area (Å²) in [5.41, 5.74) is 2.64. The van der Waals surface area contributed by atoms with Crippen LogP contribution in [0.4, 0.5) is 4.39 Å². The molecule has 0 saturated carbocycles. The van der Waals surface area contributed by atoms with Gasteiger partial charge in [0, 0.05) is 11.8 Å². The molecule has 1 heterocycles. The largest absolute Gasteiger partial charge is 0.487 e. The van der Waals surface area contributed by atoms with Crippen molar-refractivity contribution in [3.05, 3.63) is 58.7 Å². The molecule has 0 spiro atoms. The third kappa shape index (κ3) is 3.91. The topological polar surface area (TPSA) is 39.2 Å². The van der Waals surface area contributed by atoms with E-state index in [1.165, 1.54) is 6.07 Å². The van der Waals surface area contributed by atoms with Crippen molar-refractivity contribution >= 4 is 21.7 Å². The smallest absolute Gasteiger partial charge is 0.173 e. The van der Waals surface area contributed by atoms with Gasteiger partial charge in [-0.3, -0.25) is 9.78 Å². The molecule has 0 fully saturated rings. The zero-order valence-electron chi connectivity index (χ0n) is 12.5. The number of ether oxygens (including phenoxy) is 1. The normalized spacial score (nSPS) is 10.5. The number of hydrogen-bond donors (Lipinski definition) is 0. The lowest BCUT2D eigenvalue weighted by atomic mass is 10.0. The van der Waals surface area contributed by atoms with Crippen molar-refractivity contribution in [1.29, 1.82) is 0 Å². The number of alkyl halides is 1. The van der Waals surface area contributed by atoms with Gasteiger partial charge < -0.3 is 4.74 Å². The number of pyridine rings is 1. The molecule has 2 rings (SSSR count). The summed E-state index contributed by atoms with van der Waals surface area (Å²) in [5, 5.41) is 0.290. The van der Waals surface area contributed by atoms with Gasteiger partial charge >= 0.3 is 0 Å². The van der Waals surface area contributed by atoms with Crippen molar-refractivity contribution in [1.82, 2.24) is 4.98 Å². The summed E-state index contributed by atoms with van der Waals surface area (Å²) in [6, 6.07) is 6.72. The van der Waals surface area contributed by atoms with Crippen LogP contribution < -0.4 is 4.74 Å². The van der Waals surface area contributed by atoms with Crippen molar-refractivity contribution in [2.45, 2.75) is 26.9 Å². The number of halogens is 2. The number of carbonyl (C=O) groups is 1. The van der Waals surface area contributed by atoms with Crippen LogP contribution in [-0.2, 0) is 13.0 Å². The van der Waals surface area contributed by atoms with E-state index in [0.717, 1.165) is 17.5 Å². The predicted octanol–water partition coefficient (Wildman–Crippen LogP) is 4.25. The van der Waals surface area contributed by atoms with Crippen LogP contribution in [0.1, 0.15) is 34.1 Å². The number of hydrogen-bond acceptors (Lipinski definition) is 3. The highest BCUT2D eigenvalue weighted by Crippen LogP contribution is 2.21. The van der Waals surface area contributed by atoms with Crippen LogP contribution in [0.15, 0.2) is 30.5 Å². The maximum atomic E-state index is 13.7. The number of carbonyl (C=O) groups excluding carboxylic acids is 1. The molecule has 0 radical (unpaired) electrons. The molecule has 1 aromatic heterocycles. The third-order valence-corrected chi connectivity index (χ3v) is 3.82. The molecule has 0 unspecified atom stereocenters. The summed E-state index contributed by atoms with van der Waals surface area (Å²) in [6.45, 7) is 3.82. The van der Waals surface area contributed by atoms with Crippen LogP contribution in [-0.4, -0.2) is 16.1 Å². The van der Waals surface area contributed by atoms with E-state index in [-0.39, 0.29) is 23.9 Å². The minimum absolute atomic E-state index is 0.0367. The molecule has 116 valence electrons. The van der Waals surface area contributed by atoms with Gasteiger partial charge in [0.1, 0.15) is 23.9 Å². The zero-order chi connectivity index (χ0) is 16.1. The van der Waals surface area contributed by atoms with Gasteiger partial charge in [0.05, 0.1) is 5.33 Å². The quantitative estimate of drug-likeness (QED) is 0.567. The fourth-order valence-electron chi connectivity index (χ4n) is 2.12. The molecule has 0 amide bonds. The number of benzene rings is 1. The molecule has 5 heteroatoms. The molecule has 0 aliphatic carbocycles. The van der Waals surface area contributed by atoms with E-state index in [1.807, 2.05) is 13.0 Å². The monoisotopic (exact) mass is 365 g/mol. The average Bonchev–Trinajstić information content (AvgIpc) is 2.53. The summed E-state index contributed by atoms with van der Waals surface area (Å²) < 4.78 is 19.3. The first-order chi connectivity index (χ1) is 10.5. The number of aromatic nitrogens is 1. The van der Waals surface area contributed by atoms with Crippen molar-refractivity contribution in [3.8, 4) is 5.75 Å². The van der Waals surface area contributed by atoms with Gasteiger partial charge in [-0.2, -0.15) is 0 Å². The number of rotatable bonds is 6. The summed E-state index contributed by atoms with van der Waals surface area (Å²) >= 11 is 3.18. The Morgan fingerprint density at radius 1 is 1.36 bits per heavy atom. The van der Waals surface area contributed by atoms with Crippen LogP contribution in [0, 0.1) is 12.7 Å². The maximum absolute atomic E-state index is 13.7. The molecule has 0 aliphatic heterocycles. The highest BCUT2D eigenvalue weighted by molar-refractivity contribution is 9.09. The average molecular weight is 366 g/mol. The second-order valence-corrected chi connectivity index (χ2v) is 5.52. The van der Waals surface area contributed by atoms with E-state index in [4.69, 9.17) is 4.74 Å². The van der Waals surface area contributed by atoms with E-state index in [1.54, 1.807) is 25.3 Å². The standard InChI is InChI=1S/C17H17BrFNO2/c1-3-12-7-13(4-5-14(12)17(21)8-18)22-10-16-15(19)6-11(2)9-20-16/h4-7,9H,3,8,10H2,1-2H3. The summed E-state index contributed by atoms with van der Waals surface area (Å²) in [7, 11) is 0. The van der Waals surface area contributed by atoms with Crippen LogP contribution in [0.3, 0.4) is 0 Å². The summed E-state index contributed by atoms with van der Waals surface area (Å²) in [5.74, 6) is 0.265. The Kier molecular flexibility index (Phi) is 5.66. The van der Waals surface area contributed by atoms with Gasteiger partial charge in [-0.15, -0.1) is 0 Å². The minimum atomic E-state index is -0.373.